The van der Waals surface area contributed by atoms with E-state index >= 15 is 0 Å². The second-order valence-corrected chi connectivity index (χ2v) is 13.0. The quantitative estimate of drug-likeness (QED) is 0.309. The van der Waals surface area contributed by atoms with Crippen LogP contribution >= 0.6 is 34.8 Å². The topological polar surface area (TPSA) is 86.8 Å². The minimum Gasteiger partial charge on any atom is -0.352 e. The molecule has 1 saturated carbocycles. The lowest BCUT2D eigenvalue weighted by atomic mass is 9.95. The molecule has 0 saturated heterocycles. The van der Waals surface area contributed by atoms with Crippen molar-refractivity contribution in [3.05, 3.63) is 62.6 Å². The number of nitrogens with one attached hydrogen (secondary N) is 1. The second kappa shape index (κ2) is 13.8. The first-order valence-electron chi connectivity index (χ1n) is 13.0. The van der Waals surface area contributed by atoms with E-state index in [9.17, 15) is 31.2 Å². The summed E-state index contributed by atoms with van der Waals surface area (Å²) in [5, 5.41) is 2.83. The van der Waals surface area contributed by atoms with Crippen molar-refractivity contribution < 1.29 is 31.2 Å². The summed E-state index contributed by atoms with van der Waals surface area (Å²) in [5.41, 5.74) is -1.33. The highest BCUT2D eigenvalue weighted by Crippen LogP contribution is 2.37. The van der Waals surface area contributed by atoms with E-state index in [-0.39, 0.29) is 29.1 Å². The number of benzene rings is 2. The summed E-state index contributed by atoms with van der Waals surface area (Å²) < 4.78 is 66.7. The molecule has 41 heavy (non-hydrogen) atoms. The first-order valence-corrected chi connectivity index (χ1v) is 16.0. The average Bonchev–Trinajstić information content (AvgIpc) is 2.88. The summed E-state index contributed by atoms with van der Waals surface area (Å²) in [4.78, 5) is 28.5. The van der Waals surface area contributed by atoms with Crippen molar-refractivity contribution in [1.29, 1.82) is 0 Å². The van der Waals surface area contributed by atoms with E-state index in [0.29, 0.717) is 15.9 Å². The number of sulfonamides is 1. The fourth-order valence-electron chi connectivity index (χ4n) is 4.82. The number of rotatable bonds is 10. The zero-order valence-electron chi connectivity index (χ0n) is 22.5. The van der Waals surface area contributed by atoms with Gasteiger partial charge in [0.25, 0.3) is 0 Å². The van der Waals surface area contributed by atoms with Gasteiger partial charge >= 0.3 is 6.18 Å². The Morgan fingerprint density at radius 1 is 1.02 bits per heavy atom. The summed E-state index contributed by atoms with van der Waals surface area (Å²) in [6.07, 6.45) is 0.667. The first kappa shape index (κ1) is 33.3. The lowest BCUT2D eigenvalue weighted by Crippen LogP contribution is -2.54. The number of alkyl halides is 3. The van der Waals surface area contributed by atoms with Crippen molar-refractivity contribution in [2.24, 2.45) is 0 Å². The normalized spacial score (nSPS) is 15.3. The van der Waals surface area contributed by atoms with Crippen molar-refractivity contribution in [1.82, 2.24) is 10.2 Å². The number of hydrogen-bond donors (Lipinski definition) is 1. The molecule has 0 bridgehead atoms. The van der Waals surface area contributed by atoms with Crippen molar-refractivity contribution in [3.63, 3.8) is 0 Å². The van der Waals surface area contributed by atoms with Crippen LogP contribution in [-0.4, -0.2) is 50.0 Å². The number of amides is 2. The highest BCUT2D eigenvalue weighted by atomic mass is 35.5. The van der Waals surface area contributed by atoms with E-state index in [0.717, 1.165) is 50.5 Å². The highest BCUT2D eigenvalue weighted by molar-refractivity contribution is 7.92. The molecule has 2 aromatic carbocycles. The molecule has 0 spiro atoms. The molecule has 2 aromatic rings. The van der Waals surface area contributed by atoms with Crippen molar-refractivity contribution >= 4 is 62.3 Å². The average molecular weight is 657 g/mol. The Morgan fingerprint density at radius 2 is 1.63 bits per heavy atom. The van der Waals surface area contributed by atoms with E-state index in [1.807, 2.05) is 0 Å². The van der Waals surface area contributed by atoms with Crippen LogP contribution in [0.15, 0.2) is 36.4 Å². The molecule has 2 amide bonds. The lowest BCUT2D eigenvalue weighted by Gasteiger charge is -2.34. The van der Waals surface area contributed by atoms with Gasteiger partial charge in [0, 0.05) is 28.2 Å². The lowest BCUT2D eigenvalue weighted by molar-refractivity contribution is -0.140. The van der Waals surface area contributed by atoms with Gasteiger partial charge in [-0.15, -0.1) is 0 Å². The van der Waals surface area contributed by atoms with E-state index in [4.69, 9.17) is 34.8 Å². The molecule has 14 heteroatoms. The third-order valence-corrected chi connectivity index (χ3v) is 9.13. The summed E-state index contributed by atoms with van der Waals surface area (Å²) in [7, 11) is -4.26. The van der Waals surface area contributed by atoms with Crippen LogP contribution in [0.2, 0.25) is 15.1 Å². The molecular formula is C27H31Cl3F3N3O4S. The van der Waals surface area contributed by atoms with Gasteiger partial charge in [-0.25, -0.2) is 8.42 Å². The van der Waals surface area contributed by atoms with Crippen LogP contribution in [0.1, 0.15) is 56.6 Å². The molecule has 7 nitrogen and oxygen atoms in total. The van der Waals surface area contributed by atoms with Gasteiger partial charge in [0.1, 0.15) is 12.6 Å². The van der Waals surface area contributed by atoms with Gasteiger partial charge < -0.3 is 10.2 Å². The Bertz CT molecular complexity index is 1350. The molecule has 0 aliphatic heterocycles. The largest absolute Gasteiger partial charge is 0.417 e. The Kier molecular flexibility index (Phi) is 11.2. The zero-order chi connectivity index (χ0) is 30.5. The standard InChI is InChI=1S/C27H31Cl3F3N3O4S/c1-3-24(26(38)34-17-8-5-4-6-9-17)35(15-19-21(28)10-7-11-22(19)29)25(37)16-36(41(2,39)40)18-12-13-23(30)20(14-18)27(31,32)33/h7,10-14,17,24H,3-6,8-9,15-16H2,1-2H3,(H,34,38). The maximum absolute atomic E-state index is 13.9. The van der Waals surface area contributed by atoms with Crippen LogP contribution in [-0.2, 0) is 32.3 Å². The summed E-state index contributed by atoms with van der Waals surface area (Å²) in [6.45, 7) is 0.579. The fraction of sp³-hybridized carbons (Fsp3) is 0.481. The Morgan fingerprint density at radius 3 is 2.17 bits per heavy atom. The predicted molar refractivity (Wildman–Crippen MR) is 155 cm³/mol. The van der Waals surface area contributed by atoms with Gasteiger partial charge in [0.2, 0.25) is 21.8 Å². The number of carbonyl (C=O) groups excluding carboxylic acids is 2. The first-order chi connectivity index (χ1) is 19.1. The molecule has 1 aliphatic rings. The maximum atomic E-state index is 13.9. The van der Waals surface area contributed by atoms with Crippen molar-refractivity contribution in [2.45, 2.75) is 70.3 Å². The number of hydrogen-bond acceptors (Lipinski definition) is 4. The van der Waals surface area contributed by atoms with E-state index in [1.54, 1.807) is 25.1 Å². The summed E-state index contributed by atoms with van der Waals surface area (Å²) >= 11 is 18.4. The predicted octanol–water partition coefficient (Wildman–Crippen LogP) is 6.69. The van der Waals surface area contributed by atoms with Crippen LogP contribution in [0.25, 0.3) is 0 Å². The van der Waals surface area contributed by atoms with Gasteiger partial charge in [-0.2, -0.15) is 13.2 Å². The monoisotopic (exact) mass is 655 g/mol. The zero-order valence-corrected chi connectivity index (χ0v) is 25.6. The van der Waals surface area contributed by atoms with Crippen LogP contribution in [0, 0.1) is 0 Å². The van der Waals surface area contributed by atoms with E-state index in [1.165, 1.54) is 4.90 Å². The number of nitrogens with zero attached hydrogens (tertiary/aromatic N) is 2. The van der Waals surface area contributed by atoms with Gasteiger partial charge in [-0.05, 0) is 49.6 Å². The molecule has 0 aromatic heterocycles. The minimum atomic E-state index is -4.86. The van der Waals surface area contributed by atoms with Crippen LogP contribution < -0.4 is 9.62 Å². The molecule has 226 valence electrons. The van der Waals surface area contributed by atoms with Gasteiger partial charge in [0.15, 0.2) is 0 Å². The molecule has 3 rings (SSSR count). The highest BCUT2D eigenvalue weighted by Gasteiger charge is 2.36. The number of anilines is 1. The maximum Gasteiger partial charge on any atom is 0.417 e. The Labute approximate surface area is 253 Å². The molecule has 1 atom stereocenters. The number of carbonyl (C=O) groups is 2. The molecule has 0 heterocycles. The summed E-state index contributed by atoms with van der Waals surface area (Å²) in [5.74, 6) is -1.26. The summed E-state index contributed by atoms with van der Waals surface area (Å²) in [6, 6.07) is 6.19. The second-order valence-electron chi connectivity index (χ2n) is 9.92. The van der Waals surface area contributed by atoms with Crippen LogP contribution in [0.5, 0.6) is 0 Å². The van der Waals surface area contributed by atoms with Gasteiger partial charge in [-0.1, -0.05) is 67.1 Å². The molecule has 1 N–H and O–H groups in total. The molecule has 1 fully saturated rings. The third-order valence-electron chi connectivity index (χ3n) is 6.95. The van der Waals surface area contributed by atoms with E-state index in [2.05, 4.69) is 5.32 Å². The van der Waals surface area contributed by atoms with Gasteiger partial charge in [-0.3, -0.25) is 13.9 Å². The molecule has 0 radical (unpaired) electrons. The molecular weight excluding hydrogens is 626 g/mol. The molecule has 1 aliphatic carbocycles. The van der Waals surface area contributed by atoms with Crippen molar-refractivity contribution in [2.75, 3.05) is 17.1 Å². The molecule has 1 unspecified atom stereocenters. The fourth-order valence-corrected chi connectivity index (χ4v) is 6.40. The van der Waals surface area contributed by atoms with Crippen molar-refractivity contribution in [3.8, 4) is 0 Å². The van der Waals surface area contributed by atoms with E-state index < -0.39 is 56.9 Å². The van der Waals surface area contributed by atoms with Crippen LogP contribution in [0.4, 0.5) is 18.9 Å². The minimum absolute atomic E-state index is 0.0615. The number of halogens is 6. The Balaban J connectivity index is 2.01. The Hall–Kier alpha value is -2.21. The SMILES string of the molecule is CCC(C(=O)NC1CCCCC1)N(Cc1c(Cl)cccc1Cl)C(=O)CN(c1ccc(Cl)c(C(F)(F)F)c1)S(C)(=O)=O. The smallest absolute Gasteiger partial charge is 0.352 e. The van der Waals surface area contributed by atoms with Crippen LogP contribution in [0.3, 0.4) is 0 Å². The van der Waals surface area contributed by atoms with Gasteiger partial charge in [0.05, 0.1) is 22.5 Å². The third kappa shape index (κ3) is 8.65.